The number of nitrogens with zero attached hydrogens (tertiary/aromatic N) is 1. The van der Waals surface area contributed by atoms with Crippen molar-refractivity contribution in [2.24, 2.45) is 0 Å². The molecule has 2 heterocycles. The number of carboxylic acid groups (broad SMARTS) is 1. The summed E-state index contributed by atoms with van der Waals surface area (Å²) in [7, 11) is 0. The fraction of sp³-hybridized carbons (Fsp3) is 0.389. The summed E-state index contributed by atoms with van der Waals surface area (Å²) in [5.41, 5.74) is 7.27. The molecule has 2 atom stereocenters. The third-order valence-electron chi connectivity index (χ3n) is 4.63. The fourth-order valence-electron chi connectivity index (χ4n) is 3.20. The summed E-state index contributed by atoms with van der Waals surface area (Å²) in [5.74, 6) is -0.742. The molecule has 0 amide bonds. The molecular formula is C18H22N2O2S. The molecule has 0 saturated carbocycles. The van der Waals surface area contributed by atoms with Crippen LogP contribution in [-0.4, -0.2) is 27.4 Å². The zero-order chi connectivity index (χ0) is 16.7. The van der Waals surface area contributed by atoms with Crippen molar-refractivity contribution in [1.82, 2.24) is 9.88 Å². The van der Waals surface area contributed by atoms with Gasteiger partial charge in [0.2, 0.25) is 0 Å². The molecule has 1 saturated heterocycles. The summed E-state index contributed by atoms with van der Waals surface area (Å²) in [6, 6.07) is 8.52. The molecule has 2 N–H and O–H groups in total. The molecule has 1 aromatic heterocycles. The number of aliphatic carboxylic acids is 1. The van der Waals surface area contributed by atoms with Gasteiger partial charge in [-0.2, -0.15) is 0 Å². The maximum atomic E-state index is 11.2. The van der Waals surface area contributed by atoms with E-state index in [9.17, 15) is 9.90 Å². The molecule has 1 aliphatic rings. The first-order valence-electron chi connectivity index (χ1n) is 7.77. The smallest absolute Gasteiger partial charge is 0.318 e. The van der Waals surface area contributed by atoms with Crippen molar-refractivity contribution in [3.63, 3.8) is 0 Å². The molecule has 0 spiro atoms. The fourth-order valence-corrected chi connectivity index (χ4v) is 4.42. The highest BCUT2D eigenvalue weighted by Crippen LogP contribution is 2.38. The van der Waals surface area contributed by atoms with Gasteiger partial charge in [-0.25, -0.2) is 0 Å². The molecule has 23 heavy (non-hydrogen) atoms. The molecule has 1 aromatic carbocycles. The van der Waals surface area contributed by atoms with Gasteiger partial charge in [-0.3, -0.25) is 10.1 Å². The first-order valence-corrected chi connectivity index (χ1v) is 8.71. The summed E-state index contributed by atoms with van der Waals surface area (Å²) in [5, 5.41) is 12.2. The Hall–Kier alpha value is -1.72. The van der Waals surface area contributed by atoms with Gasteiger partial charge in [0.1, 0.15) is 5.25 Å². The van der Waals surface area contributed by atoms with Crippen molar-refractivity contribution < 1.29 is 9.90 Å². The normalized spacial score (nSPS) is 20.9. The van der Waals surface area contributed by atoms with Crippen LogP contribution in [0.4, 0.5) is 0 Å². The van der Waals surface area contributed by atoms with E-state index in [-0.39, 0.29) is 10.6 Å². The lowest BCUT2D eigenvalue weighted by atomic mass is 10.1. The molecule has 5 heteroatoms. The van der Waals surface area contributed by atoms with E-state index in [4.69, 9.17) is 0 Å². The van der Waals surface area contributed by atoms with Gasteiger partial charge in [0.25, 0.3) is 0 Å². The Bertz CT molecular complexity index is 767. The SMILES string of the molecule is Cc1cccc(-n2c(C)cc([C@H]3NC[C@H](C(=O)O)S3)c2C)c1C. The van der Waals surface area contributed by atoms with Crippen molar-refractivity contribution in [2.75, 3.05) is 6.54 Å². The molecule has 2 aromatic rings. The van der Waals surface area contributed by atoms with Crippen molar-refractivity contribution in [2.45, 2.75) is 38.3 Å². The summed E-state index contributed by atoms with van der Waals surface area (Å²) < 4.78 is 2.27. The van der Waals surface area contributed by atoms with E-state index in [0.717, 1.165) is 0 Å². The Morgan fingerprint density at radius 2 is 2.04 bits per heavy atom. The Balaban J connectivity index is 2.01. The lowest BCUT2D eigenvalue weighted by Crippen LogP contribution is -2.21. The van der Waals surface area contributed by atoms with Gasteiger partial charge in [-0.05, 0) is 51.0 Å². The number of benzene rings is 1. The van der Waals surface area contributed by atoms with Crippen molar-refractivity contribution in [1.29, 1.82) is 0 Å². The van der Waals surface area contributed by atoms with E-state index in [0.29, 0.717) is 6.54 Å². The highest BCUT2D eigenvalue weighted by Gasteiger charge is 2.32. The Kier molecular flexibility index (Phi) is 4.25. The minimum atomic E-state index is -0.742. The maximum Gasteiger partial charge on any atom is 0.318 e. The van der Waals surface area contributed by atoms with Crippen LogP contribution in [0.1, 0.15) is 33.5 Å². The zero-order valence-electron chi connectivity index (χ0n) is 13.9. The van der Waals surface area contributed by atoms with Crippen LogP contribution in [0, 0.1) is 27.7 Å². The van der Waals surface area contributed by atoms with Crippen LogP contribution >= 0.6 is 11.8 Å². The second-order valence-electron chi connectivity index (χ2n) is 6.13. The molecule has 1 fully saturated rings. The largest absolute Gasteiger partial charge is 0.480 e. The Morgan fingerprint density at radius 1 is 1.30 bits per heavy atom. The van der Waals surface area contributed by atoms with E-state index in [1.165, 1.54) is 45.5 Å². The maximum absolute atomic E-state index is 11.2. The van der Waals surface area contributed by atoms with E-state index < -0.39 is 5.97 Å². The number of hydrogen-bond acceptors (Lipinski definition) is 3. The van der Waals surface area contributed by atoms with Crippen LogP contribution in [0.25, 0.3) is 5.69 Å². The molecule has 0 radical (unpaired) electrons. The third kappa shape index (κ3) is 2.79. The van der Waals surface area contributed by atoms with Gasteiger partial charge >= 0.3 is 5.97 Å². The standard InChI is InChI=1S/C18H22N2O2S/c1-10-6-5-7-15(12(10)3)20-11(2)8-14(13(20)4)17-19-9-16(23-17)18(21)22/h5-8,16-17,19H,9H2,1-4H3,(H,21,22)/t16-,17+/m1/s1. The number of aromatic nitrogens is 1. The second kappa shape index (κ2) is 6.06. The van der Waals surface area contributed by atoms with Gasteiger partial charge < -0.3 is 9.67 Å². The van der Waals surface area contributed by atoms with Gasteiger partial charge in [0.15, 0.2) is 0 Å². The van der Waals surface area contributed by atoms with E-state index in [1.807, 2.05) is 0 Å². The highest BCUT2D eigenvalue weighted by molar-refractivity contribution is 8.01. The molecule has 3 rings (SSSR count). The van der Waals surface area contributed by atoms with E-state index in [1.54, 1.807) is 0 Å². The predicted octanol–water partition coefficient (Wildman–Crippen LogP) is 3.50. The Morgan fingerprint density at radius 3 is 2.70 bits per heavy atom. The van der Waals surface area contributed by atoms with Gasteiger partial charge in [-0.1, -0.05) is 12.1 Å². The molecule has 122 valence electrons. The third-order valence-corrected chi connectivity index (χ3v) is 6.02. The average Bonchev–Trinajstić information content (AvgIpc) is 3.08. The number of aryl methyl sites for hydroxylation is 2. The summed E-state index contributed by atoms with van der Waals surface area (Å²) in [4.78, 5) is 11.2. The number of carbonyl (C=O) groups is 1. The van der Waals surface area contributed by atoms with Crippen LogP contribution in [0.2, 0.25) is 0 Å². The van der Waals surface area contributed by atoms with E-state index >= 15 is 0 Å². The molecule has 1 aliphatic heterocycles. The van der Waals surface area contributed by atoms with E-state index in [2.05, 4.69) is 61.8 Å². The van der Waals surface area contributed by atoms with Crippen LogP contribution in [0.3, 0.4) is 0 Å². The van der Waals surface area contributed by atoms with Gasteiger partial charge in [0.05, 0.1) is 5.37 Å². The minimum Gasteiger partial charge on any atom is -0.480 e. The number of nitrogens with one attached hydrogen (secondary N) is 1. The molecular weight excluding hydrogens is 308 g/mol. The van der Waals surface area contributed by atoms with Gasteiger partial charge in [0, 0.05) is 29.2 Å². The highest BCUT2D eigenvalue weighted by atomic mass is 32.2. The van der Waals surface area contributed by atoms with Crippen LogP contribution in [0.5, 0.6) is 0 Å². The quantitative estimate of drug-likeness (QED) is 0.904. The number of rotatable bonds is 3. The van der Waals surface area contributed by atoms with Crippen LogP contribution < -0.4 is 5.32 Å². The first-order chi connectivity index (χ1) is 10.9. The first kappa shape index (κ1) is 16.1. The molecule has 0 aliphatic carbocycles. The van der Waals surface area contributed by atoms with Crippen molar-refractivity contribution in [3.8, 4) is 5.69 Å². The molecule has 0 bridgehead atoms. The minimum absolute atomic E-state index is 0.0427. The monoisotopic (exact) mass is 330 g/mol. The Labute approximate surface area is 140 Å². The molecule has 0 unspecified atom stereocenters. The number of hydrogen-bond donors (Lipinski definition) is 2. The van der Waals surface area contributed by atoms with Crippen molar-refractivity contribution in [3.05, 3.63) is 52.3 Å². The summed E-state index contributed by atoms with van der Waals surface area (Å²) in [6.45, 7) is 9.00. The topological polar surface area (TPSA) is 54.3 Å². The number of carboxylic acids is 1. The summed E-state index contributed by atoms with van der Waals surface area (Å²) >= 11 is 1.49. The predicted molar refractivity (Wildman–Crippen MR) is 94.5 cm³/mol. The molecule has 4 nitrogen and oxygen atoms in total. The second-order valence-corrected chi connectivity index (χ2v) is 7.44. The number of thioether (sulfide) groups is 1. The average molecular weight is 330 g/mol. The van der Waals surface area contributed by atoms with Gasteiger partial charge in [-0.15, -0.1) is 11.8 Å². The van der Waals surface area contributed by atoms with Crippen LogP contribution in [-0.2, 0) is 4.79 Å². The summed E-state index contributed by atoms with van der Waals surface area (Å²) in [6.07, 6.45) is 0. The zero-order valence-corrected chi connectivity index (χ0v) is 14.7. The lowest BCUT2D eigenvalue weighted by molar-refractivity contribution is -0.136. The van der Waals surface area contributed by atoms with Crippen molar-refractivity contribution >= 4 is 17.7 Å². The lowest BCUT2D eigenvalue weighted by Gasteiger charge is -2.16. The van der Waals surface area contributed by atoms with Crippen LogP contribution in [0.15, 0.2) is 24.3 Å².